The van der Waals surface area contributed by atoms with Crippen LogP contribution >= 0.6 is 0 Å². The van der Waals surface area contributed by atoms with Crippen molar-refractivity contribution in [3.63, 3.8) is 0 Å². The van der Waals surface area contributed by atoms with E-state index in [1.54, 1.807) is 0 Å². The minimum absolute atomic E-state index is 0.174. The fraction of sp³-hybridized carbons (Fsp3) is 0.939. The largest absolute Gasteiger partial charge is 0.305 e. The van der Waals surface area contributed by atoms with Crippen molar-refractivity contribution < 1.29 is 9.59 Å². The van der Waals surface area contributed by atoms with Gasteiger partial charge in [-0.2, -0.15) is 0 Å². The van der Waals surface area contributed by atoms with Gasteiger partial charge in [-0.1, -0.05) is 142 Å². The van der Waals surface area contributed by atoms with Gasteiger partial charge in [0.05, 0.1) is 5.54 Å². The zero-order valence-corrected chi connectivity index (χ0v) is 24.3. The van der Waals surface area contributed by atoms with Gasteiger partial charge in [-0.3, -0.25) is 9.59 Å². The predicted octanol–water partition coefficient (Wildman–Crippen LogP) is 9.95. The lowest BCUT2D eigenvalue weighted by molar-refractivity contribution is -0.125. The molecule has 1 heterocycles. The first-order valence-corrected chi connectivity index (χ1v) is 16.4. The molecule has 0 saturated carbocycles. The van der Waals surface area contributed by atoms with Gasteiger partial charge in [0.2, 0.25) is 0 Å². The highest BCUT2D eigenvalue weighted by molar-refractivity contribution is 5.88. The number of carbonyl (C=O) groups excluding carboxylic acids is 2. The molecule has 1 aliphatic heterocycles. The summed E-state index contributed by atoms with van der Waals surface area (Å²) in [5, 5.41) is 3.64. The van der Waals surface area contributed by atoms with E-state index in [0.717, 1.165) is 38.6 Å². The summed E-state index contributed by atoms with van der Waals surface area (Å²) in [6.45, 7) is 3.31. The molecular formula is C33H62NO2. The van der Waals surface area contributed by atoms with Gasteiger partial charge in [0, 0.05) is 12.8 Å². The Hall–Kier alpha value is -0.700. The van der Waals surface area contributed by atoms with E-state index < -0.39 is 0 Å². The van der Waals surface area contributed by atoms with E-state index >= 15 is 0 Å². The van der Waals surface area contributed by atoms with E-state index in [1.165, 1.54) is 141 Å². The second kappa shape index (κ2) is 24.6. The van der Waals surface area contributed by atoms with Crippen molar-refractivity contribution in [2.75, 3.05) is 6.54 Å². The normalized spacial score (nSPS) is 17.6. The van der Waals surface area contributed by atoms with Crippen LogP contribution < -0.4 is 5.32 Å². The van der Waals surface area contributed by atoms with E-state index in [2.05, 4.69) is 12.2 Å². The second-order valence-corrected chi connectivity index (χ2v) is 11.7. The number of ketones is 1. The number of rotatable bonds is 28. The highest BCUT2D eigenvalue weighted by atomic mass is 16.1. The maximum absolute atomic E-state index is 13.1. The molecule has 3 heteroatoms. The van der Waals surface area contributed by atoms with Crippen LogP contribution in [0.25, 0.3) is 0 Å². The Morgan fingerprint density at radius 1 is 0.639 bits per heavy atom. The number of hydrogen-bond donors (Lipinski definition) is 1. The average molecular weight is 505 g/mol. The molecule has 0 aromatic carbocycles. The van der Waals surface area contributed by atoms with E-state index in [4.69, 9.17) is 0 Å². The summed E-state index contributed by atoms with van der Waals surface area (Å²) in [6.07, 6.45) is 36.8. The number of unbranched alkanes of at least 4 members (excludes halogenated alkanes) is 22. The third-order valence-electron chi connectivity index (χ3n) is 8.42. The van der Waals surface area contributed by atoms with E-state index in [0.29, 0.717) is 12.2 Å². The fourth-order valence-electron chi connectivity index (χ4n) is 5.98. The number of carbonyl (C=O) groups is 1. The van der Waals surface area contributed by atoms with Crippen molar-refractivity contribution in [3.05, 3.63) is 0 Å². The van der Waals surface area contributed by atoms with Crippen molar-refractivity contribution in [2.24, 2.45) is 0 Å². The zero-order chi connectivity index (χ0) is 26.0. The number of Topliss-reactive ketones (excluding diaryl/α,β-unsaturated/α-hetero) is 1. The molecule has 36 heavy (non-hydrogen) atoms. The Bertz CT molecular complexity index is 498. The van der Waals surface area contributed by atoms with Crippen molar-refractivity contribution in [1.29, 1.82) is 0 Å². The molecule has 0 spiro atoms. The first-order chi connectivity index (χ1) is 17.7. The molecule has 0 unspecified atom stereocenters. The van der Waals surface area contributed by atoms with Crippen LogP contribution in [0.3, 0.4) is 0 Å². The Kier molecular flexibility index (Phi) is 22.8. The van der Waals surface area contributed by atoms with Crippen LogP contribution in [0.5, 0.6) is 0 Å². The number of hydrogen-bond acceptors (Lipinski definition) is 3. The minimum atomic E-state index is -0.174. The Balaban J connectivity index is 1.96. The Labute approximate surface area is 225 Å². The molecule has 1 saturated heterocycles. The van der Waals surface area contributed by atoms with Gasteiger partial charge >= 0.3 is 0 Å². The Morgan fingerprint density at radius 3 is 1.53 bits per heavy atom. The summed E-state index contributed by atoms with van der Waals surface area (Å²) in [5.74, 6) is 0.514. The minimum Gasteiger partial charge on any atom is -0.305 e. The van der Waals surface area contributed by atoms with Crippen LogP contribution in [0, 0.1) is 0 Å². The van der Waals surface area contributed by atoms with E-state index in [9.17, 15) is 9.59 Å². The SMILES string of the molecule is CCCCCCCCCCCC[C@@]1(C(=O)CCCCCCCCCCCCCCC[C]=O)CCCN1. The smallest absolute Gasteiger partial charge is 0.198 e. The maximum atomic E-state index is 13.1. The van der Waals surface area contributed by atoms with Crippen LogP contribution in [0.15, 0.2) is 0 Å². The summed E-state index contributed by atoms with van der Waals surface area (Å²) in [4.78, 5) is 23.3. The van der Waals surface area contributed by atoms with Crippen LogP contribution in [0.1, 0.15) is 187 Å². The van der Waals surface area contributed by atoms with Crippen LogP contribution in [0.2, 0.25) is 0 Å². The van der Waals surface area contributed by atoms with Gasteiger partial charge in [-0.15, -0.1) is 0 Å². The summed E-state index contributed by atoms with van der Waals surface area (Å²) in [6, 6.07) is 0. The summed E-state index contributed by atoms with van der Waals surface area (Å²) >= 11 is 0. The van der Waals surface area contributed by atoms with Gasteiger partial charge < -0.3 is 5.32 Å². The molecule has 1 N–H and O–H groups in total. The molecule has 0 aliphatic carbocycles. The molecule has 211 valence electrons. The molecule has 0 aromatic heterocycles. The lowest BCUT2D eigenvalue weighted by Gasteiger charge is -2.28. The van der Waals surface area contributed by atoms with Crippen LogP contribution in [-0.4, -0.2) is 24.2 Å². The molecule has 1 rings (SSSR count). The summed E-state index contributed by atoms with van der Waals surface area (Å²) in [5.41, 5.74) is -0.174. The molecule has 1 atom stereocenters. The topological polar surface area (TPSA) is 46.2 Å². The van der Waals surface area contributed by atoms with Gasteiger partial charge in [0.25, 0.3) is 0 Å². The quantitative estimate of drug-likeness (QED) is 0.108. The molecule has 3 nitrogen and oxygen atoms in total. The summed E-state index contributed by atoms with van der Waals surface area (Å²) < 4.78 is 0. The highest BCUT2D eigenvalue weighted by Crippen LogP contribution is 2.29. The first kappa shape index (κ1) is 33.3. The van der Waals surface area contributed by atoms with Crippen LogP contribution in [0.4, 0.5) is 0 Å². The second-order valence-electron chi connectivity index (χ2n) is 11.7. The van der Waals surface area contributed by atoms with Gasteiger partial charge in [0.1, 0.15) is 0 Å². The van der Waals surface area contributed by atoms with Gasteiger partial charge in [0.15, 0.2) is 12.1 Å². The molecule has 1 radical (unpaired) electrons. The lowest BCUT2D eigenvalue weighted by atomic mass is 9.84. The predicted molar refractivity (Wildman–Crippen MR) is 156 cm³/mol. The van der Waals surface area contributed by atoms with Crippen molar-refractivity contribution in [3.8, 4) is 0 Å². The molecule has 0 amide bonds. The average Bonchev–Trinajstić information content (AvgIpc) is 3.37. The molecule has 1 aliphatic rings. The monoisotopic (exact) mass is 504 g/mol. The summed E-state index contributed by atoms with van der Waals surface area (Å²) in [7, 11) is 0. The standard InChI is InChI=1S/C33H62NO2/c1-2-3-4-5-6-7-15-18-21-24-28-33(29-26-30-34-33)32(36)27-23-20-17-14-12-10-8-9-11-13-16-19-22-25-31-35/h34H,2-30H2,1H3/t33-/m0/s1. The van der Waals surface area contributed by atoms with E-state index in [1.807, 2.05) is 6.29 Å². The van der Waals surface area contributed by atoms with Crippen LogP contribution in [-0.2, 0) is 9.59 Å². The third-order valence-corrected chi connectivity index (χ3v) is 8.42. The van der Waals surface area contributed by atoms with Crippen molar-refractivity contribution >= 4 is 12.1 Å². The Morgan fingerprint density at radius 2 is 1.08 bits per heavy atom. The molecular weight excluding hydrogens is 442 g/mol. The third kappa shape index (κ3) is 17.7. The molecule has 0 bridgehead atoms. The fourth-order valence-corrected chi connectivity index (χ4v) is 5.98. The van der Waals surface area contributed by atoms with Crippen molar-refractivity contribution in [2.45, 2.75) is 192 Å². The first-order valence-electron chi connectivity index (χ1n) is 16.4. The molecule has 0 aromatic rings. The van der Waals surface area contributed by atoms with E-state index in [-0.39, 0.29) is 5.54 Å². The lowest BCUT2D eigenvalue weighted by Crippen LogP contribution is -2.47. The zero-order valence-electron chi connectivity index (χ0n) is 24.3. The van der Waals surface area contributed by atoms with Gasteiger partial charge in [-0.25, -0.2) is 0 Å². The van der Waals surface area contributed by atoms with Gasteiger partial charge in [-0.05, 0) is 38.6 Å². The highest BCUT2D eigenvalue weighted by Gasteiger charge is 2.39. The van der Waals surface area contributed by atoms with Crippen molar-refractivity contribution in [1.82, 2.24) is 5.32 Å². The number of nitrogens with one attached hydrogen (secondary N) is 1. The maximum Gasteiger partial charge on any atom is 0.198 e. The molecule has 1 fully saturated rings.